The van der Waals surface area contributed by atoms with Crippen LogP contribution in [0.1, 0.15) is 12.8 Å². The van der Waals surface area contributed by atoms with Crippen LogP contribution in [0.5, 0.6) is 0 Å². The van der Waals surface area contributed by atoms with E-state index in [2.05, 4.69) is 5.32 Å². The highest BCUT2D eigenvalue weighted by molar-refractivity contribution is 5.89. The van der Waals surface area contributed by atoms with Crippen LogP contribution in [0, 0.1) is 17.7 Å². The average molecular weight is 350 g/mol. The molecular weight excluding hydrogens is 327 g/mol. The lowest BCUT2D eigenvalue weighted by Gasteiger charge is -2.56. The number of piperidine rings is 1. The van der Waals surface area contributed by atoms with Crippen molar-refractivity contribution in [3.63, 3.8) is 0 Å². The van der Waals surface area contributed by atoms with Crippen LogP contribution in [0.2, 0.25) is 0 Å². The first-order chi connectivity index (χ1) is 12.1. The van der Waals surface area contributed by atoms with E-state index in [-0.39, 0.29) is 29.6 Å². The van der Waals surface area contributed by atoms with E-state index in [4.69, 9.17) is 9.47 Å². The molecule has 3 fully saturated rings. The Labute approximate surface area is 145 Å². The van der Waals surface area contributed by atoms with Gasteiger partial charge in [0.15, 0.2) is 0 Å². The third kappa shape index (κ3) is 2.90. The summed E-state index contributed by atoms with van der Waals surface area (Å²) in [4.78, 5) is 14.6. The minimum Gasteiger partial charge on any atom is -0.389 e. The van der Waals surface area contributed by atoms with Crippen molar-refractivity contribution in [2.24, 2.45) is 11.8 Å². The van der Waals surface area contributed by atoms with Gasteiger partial charge in [-0.25, -0.2) is 9.18 Å². The van der Waals surface area contributed by atoms with Crippen LogP contribution in [0.25, 0.3) is 0 Å². The monoisotopic (exact) mass is 350 g/mol. The average Bonchev–Trinajstić information content (AvgIpc) is 2.63. The molecule has 0 radical (unpaired) electrons. The number of hydrogen-bond donors (Lipinski definition) is 2. The van der Waals surface area contributed by atoms with Gasteiger partial charge in [0.25, 0.3) is 0 Å². The van der Waals surface area contributed by atoms with E-state index in [0.717, 1.165) is 0 Å². The molecule has 7 heteroatoms. The van der Waals surface area contributed by atoms with Gasteiger partial charge in [-0.1, -0.05) is 12.1 Å². The zero-order valence-electron chi connectivity index (χ0n) is 14.0. The number of carbonyl (C=O) groups excluding carboxylic acids is 1. The third-order valence-corrected chi connectivity index (χ3v) is 5.83. The summed E-state index contributed by atoms with van der Waals surface area (Å²) >= 11 is 0. The number of benzene rings is 1. The van der Waals surface area contributed by atoms with Crippen molar-refractivity contribution in [1.29, 1.82) is 0 Å². The fourth-order valence-corrected chi connectivity index (χ4v) is 4.44. The predicted octanol–water partition coefficient (Wildman–Crippen LogP) is 1.85. The highest BCUT2D eigenvalue weighted by atomic mass is 19.1. The van der Waals surface area contributed by atoms with E-state index in [1.807, 2.05) is 0 Å². The van der Waals surface area contributed by atoms with E-state index >= 15 is 0 Å². The zero-order chi connectivity index (χ0) is 17.4. The molecule has 0 saturated carbocycles. The normalized spacial score (nSPS) is 34.8. The van der Waals surface area contributed by atoms with Gasteiger partial charge in [-0.3, -0.25) is 0 Å². The van der Waals surface area contributed by atoms with E-state index in [1.165, 1.54) is 6.07 Å². The Morgan fingerprint density at radius 2 is 2.08 bits per heavy atom. The third-order valence-electron chi connectivity index (χ3n) is 5.83. The number of fused-ring (bicyclic) bond motifs is 3. The summed E-state index contributed by atoms with van der Waals surface area (Å²) < 4.78 is 25.0. The van der Waals surface area contributed by atoms with E-state index in [1.54, 1.807) is 23.1 Å². The highest BCUT2D eigenvalue weighted by Gasteiger charge is 2.56. The molecule has 4 atom stereocenters. The quantitative estimate of drug-likeness (QED) is 0.811. The molecule has 0 spiro atoms. The second-order valence-electron chi connectivity index (χ2n) is 7.11. The van der Waals surface area contributed by atoms with Crippen molar-refractivity contribution in [2.45, 2.75) is 24.5 Å². The van der Waals surface area contributed by atoms with Gasteiger partial charge in [0.1, 0.15) is 5.82 Å². The van der Waals surface area contributed by atoms with Gasteiger partial charge in [0, 0.05) is 44.1 Å². The van der Waals surface area contributed by atoms with Crippen LogP contribution in [0.4, 0.5) is 14.9 Å². The number of aliphatic hydroxyl groups is 1. The molecule has 0 bridgehead atoms. The van der Waals surface area contributed by atoms with Crippen molar-refractivity contribution in [3.05, 3.63) is 30.1 Å². The summed E-state index contributed by atoms with van der Waals surface area (Å²) in [5.74, 6) is -0.764. The molecule has 4 rings (SSSR count). The van der Waals surface area contributed by atoms with Crippen LogP contribution >= 0.6 is 0 Å². The molecule has 3 saturated heterocycles. The minimum atomic E-state index is -0.863. The SMILES string of the molecule is O=C(Nc1ccccc1F)N1C[C@H]2COCC[C@@]2(O)[C@@H]2COCC[C@@H]21. The van der Waals surface area contributed by atoms with Crippen LogP contribution in [0.15, 0.2) is 24.3 Å². The Kier molecular flexibility index (Phi) is 4.39. The van der Waals surface area contributed by atoms with Gasteiger partial charge in [-0.2, -0.15) is 0 Å². The van der Waals surface area contributed by atoms with Crippen molar-refractivity contribution in [3.8, 4) is 0 Å². The Morgan fingerprint density at radius 3 is 2.92 bits per heavy atom. The smallest absolute Gasteiger partial charge is 0.322 e. The number of para-hydroxylation sites is 1. The molecule has 2 amide bonds. The van der Waals surface area contributed by atoms with E-state index < -0.39 is 11.4 Å². The molecule has 0 unspecified atom stereocenters. The lowest BCUT2D eigenvalue weighted by Crippen LogP contribution is -2.69. The number of urea groups is 1. The van der Waals surface area contributed by atoms with Crippen LogP contribution in [-0.2, 0) is 9.47 Å². The molecular formula is C18H23FN2O4. The van der Waals surface area contributed by atoms with Gasteiger partial charge in [-0.15, -0.1) is 0 Å². The Bertz CT molecular complexity index is 658. The maximum Gasteiger partial charge on any atom is 0.322 e. The first-order valence-electron chi connectivity index (χ1n) is 8.79. The predicted molar refractivity (Wildman–Crippen MR) is 88.7 cm³/mol. The molecule has 2 N–H and O–H groups in total. The highest BCUT2D eigenvalue weighted by Crippen LogP contribution is 2.44. The molecule has 0 aromatic heterocycles. The number of carbonyl (C=O) groups is 1. The number of rotatable bonds is 1. The summed E-state index contributed by atoms with van der Waals surface area (Å²) in [5, 5.41) is 13.9. The van der Waals surface area contributed by atoms with Gasteiger partial charge in [0.05, 0.1) is 24.5 Å². The number of halogens is 1. The molecule has 6 nitrogen and oxygen atoms in total. The number of anilines is 1. The van der Waals surface area contributed by atoms with Gasteiger partial charge in [0.2, 0.25) is 0 Å². The first-order valence-corrected chi connectivity index (χ1v) is 8.79. The maximum absolute atomic E-state index is 13.9. The minimum absolute atomic E-state index is 0.111. The molecule has 3 aliphatic heterocycles. The summed E-state index contributed by atoms with van der Waals surface area (Å²) in [7, 11) is 0. The number of likely N-dealkylation sites (tertiary alicyclic amines) is 1. The summed E-state index contributed by atoms with van der Waals surface area (Å²) in [6.45, 7) is 2.34. The zero-order valence-corrected chi connectivity index (χ0v) is 14.0. The summed E-state index contributed by atoms with van der Waals surface area (Å²) in [6, 6.07) is 5.67. The molecule has 0 aliphatic carbocycles. The summed E-state index contributed by atoms with van der Waals surface area (Å²) in [6.07, 6.45) is 1.23. The molecule has 136 valence electrons. The molecule has 25 heavy (non-hydrogen) atoms. The van der Waals surface area contributed by atoms with Crippen molar-refractivity contribution in [2.75, 3.05) is 38.3 Å². The van der Waals surface area contributed by atoms with Gasteiger partial charge < -0.3 is 24.8 Å². The molecule has 1 aromatic rings. The fourth-order valence-electron chi connectivity index (χ4n) is 4.44. The number of nitrogens with one attached hydrogen (secondary N) is 1. The van der Waals surface area contributed by atoms with E-state index in [9.17, 15) is 14.3 Å². The first kappa shape index (κ1) is 16.8. The van der Waals surface area contributed by atoms with Crippen molar-refractivity contribution < 1.29 is 23.8 Å². The van der Waals surface area contributed by atoms with Crippen LogP contribution in [0.3, 0.4) is 0 Å². The lowest BCUT2D eigenvalue weighted by molar-refractivity contribution is -0.211. The Hall–Kier alpha value is -1.70. The molecule has 1 aromatic carbocycles. The molecule has 3 heterocycles. The second kappa shape index (κ2) is 6.55. The number of nitrogens with zero attached hydrogens (tertiary/aromatic N) is 1. The van der Waals surface area contributed by atoms with Crippen molar-refractivity contribution >= 4 is 11.7 Å². The topological polar surface area (TPSA) is 71.0 Å². The van der Waals surface area contributed by atoms with Crippen LogP contribution < -0.4 is 5.32 Å². The van der Waals surface area contributed by atoms with E-state index in [0.29, 0.717) is 45.8 Å². The number of amides is 2. The maximum atomic E-state index is 13.9. The van der Waals surface area contributed by atoms with Crippen molar-refractivity contribution in [1.82, 2.24) is 4.90 Å². The fraction of sp³-hybridized carbons (Fsp3) is 0.611. The second-order valence-corrected chi connectivity index (χ2v) is 7.11. The van der Waals surface area contributed by atoms with Gasteiger partial charge in [-0.05, 0) is 18.6 Å². The largest absolute Gasteiger partial charge is 0.389 e. The Morgan fingerprint density at radius 1 is 1.28 bits per heavy atom. The lowest BCUT2D eigenvalue weighted by atomic mass is 9.66. The number of ether oxygens (including phenoxy) is 2. The van der Waals surface area contributed by atoms with Gasteiger partial charge >= 0.3 is 6.03 Å². The number of hydrogen-bond acceptors (Lipinski definition) is 4. The molecule has 3 aliphatic rings. The summed E-state index contributed by atoms with van der Waals surface area (Å²) in [5.41, 5.74) is -0.699. The standard InChI is InChI=1S/C18H23FN2O4/c19-14-3-1-2-4-15(14)20-17(22)21-9-12-10-25-8-6-18(12,23)13-11-24-7-5-16(13)21/h1-4,12-13,16,23H,5-11H2,(H,20,22)/t12-,13+,16-,18-/m0/s1. The Balaban J connectivity index is 1.58. The van der Waals surface area contributed by atoms with Crippen LogP contribution in [-0.4, -0.2) is 60.7 Å².